The van der Waals surface area contributed by atoms with Crippen molar-refractivity contribution in [3.8, 4) is 0 Å². The maximum atomic E-state index is 5.60. The van der Waals surface area contributed by atoms with Crippen molar-refractivity contribution in [3.63, 3.8) is 0 Å². The van der Waals surface area contributed by atoms with E-state index in [2.05, 4.69) is 20.5 Å². The Morgan fingerprint density at radius 3 is 2.83 bits per heavy atom. The van der Waals surface area contributed by atoms with Crippen LogP contribution in [-0.4, -0.2) is 48.3 Å². The fraction of sp³-hybridized carbons (Fsp3) is 0.462. The van der Waals surface area contributed by atoms with Crippen molar-refractivity contribution >= 4 is 23.3 Å². The number of ether oxygens (including phenoxy) is 1. The van der Waals surface area contributed by atoms with Gasteiger partial charge in [0.05, 0.1) is 24.2 Å². The molecule has 0 spiro atoms. The molecule has 0 aliphatic carbocycles. The molecule has 1 N–H and O–H groups in total. The summed E-state index contributed by atoms with van der Waals surface area (Å²) in [7, 11) is 4.08. The number of hydrogen-bond acceptors (Lipinski definition) is 3. The van der Waals surface area contributed by atoms with Crippen LogP contribution < -0.4 is 0 Å². The van der Waals surface area contributed by atoms with Crippen LogP contribution >= 0.6 is 12.2 Å². The molecule has 0 saturated heterocycles. The monoisotopic (exact) mass is 265 g/mol. The van der Waals surface area contributed by atoms with Gasteiger partial charge in [-0.3, -0.25) is 0 Å². The summed E-state index contributed by atoms with van der Waals surface area (Å²) in [5, 5.41) is 0. The van der Waals surface area contributed by atoms with Gasteiger partial charge in [0.2, 0.25) is 0 Å². The molecular weight excluding hydrogens is 246 g/mol. The lowest BCUT2D eigenvalue weighted by atomic mass is 10.3. The number of nitrogens with zero attached hydrogens (tertiary/aromatic N) is 2. The van der Waals surface area contributed by atoms with E-state index in [0.717, 1.165) is 35.5 Å². The highest BCUT2D eigenvalue weighted by atomic mass is 32.1. The van der Waals surface area contributed by atoms with Gasteiger partial charge in [-0.2, -0.15) is 0 Å². The minimum absolute atomic E-state index is 0.685. The van der Waals surface area contributed by atoms with Crippen LogP contribution in [-0.2, 0) is 11.3 Å². The van der Waals surface area contributed by atoms with E-state index < -0.39 is 0 Å². The number of rotatable bonds is 6. The van der Waals surface area contributed by atoms with E-state index in [1.165, 1.54) is 0 Å². The third-order valence-electron chi connectivity index (χ3n) is 2.82. The molecule has 98 valence electrons. The quantitative estimate of drug-likeness (QED) is 0.642. The Bertz CT molecular complexity index is 559. The fourth-order valence-electron chi connectivity index (χ4n) is 1.83. The Morgan fingerprint density at radius 2 is 2.06 bits per heavy atom. The van der Waals surface area contributed by atoms with Gasteiger partial charge in [-0.05, 0) is 38.4 Å². The van der Waals surface area contributed by atoms with Crippen LogP contribution in [0.5, 0.6) is 0 Å². The molecule has 0 amide bonds. The maximum absolute atomic E-state index is 5.60. The molecule has 0 atom stereocenters. The van der Waals surface area contributed by atoms with E-state index in [0.29, 0.717) is 6.61 Å². The maximum Gasteiger partial charge on any atom is 0.178 e. The van der Waals surface area contributed by atoms with Crippen LogP contribution in [0.2, 0.25) is 0 Å². The van der Waals surface area contributed by atoms with Gasteiger partial charge < -0.3 is 19.2 Å². The molecule has 0 aliphatic rings. The smallest absolute Gasteiger partial charge is 0.178 e. The molecule has 2 rings (SSSR count). The van der Waals surface area contributed by atoms with Gasteiger partial charge >= 0.3 is 0 Å². The fourth-order valence-corrected chi connectivity index (χ4v) is 2.13. The Hall–Kier alpha value is -1.17. The van der Waals surface area contributed by atoms with Crippen LogP contribution in [0.3, 0.4) is 0 Å². The third kappa shape index (κ3) is 3.19. The summed E-state index contributed by atoms with van der Waals surface area (Å²) in [5.74, 6) is 0. The first kappa shape index (κ1) is 13.3. The second kappa shape index (κ2) is 6.13. The van der Waals surface area contributed by atoms with Gasteiger partial charge in [-0.1, -0.05) is 12.1 Å². The number of H-pyrrole nitrogens is 1. The largest absolute Gasteiger partial charge is 0.378 e. The molecule has 0 radical (unpaired) electrons. The lowest BCUT2D eigenvalue weighted by Gasteiger charge is -2.10. The zero-order valence-corrected chi connectivity index (χ0v) is 11.7. The Balaban J connectivity index is 1.95. The number of fused-ring (bicyclic) bond motifs is 1. The van der Waals surface area contributed by atoms with Crippen molar-refractivity contribution in [1.29, 1.82) is 0 Å². The van der Waals surface area contributed by atoms with Crippen molar-refractivity contribution in [2.45, 2.75) is 6.54 Å². The molecule has 2 aromatic rings. The molecule has 0 bridgehead atoms. The van der Waals surface area contributed by atoms with Crippen molar-refractivity contribution in [1.82, 2.24) is 14.5 Å². The lowest BCUT2D eigenvalue weighted by molar-refractivity contribution is 0.111. The third-order valence-corrected chi connectivity index (χ3v) is 3.15. The number of aromatic amines is 1. The summed E-state index contributed by atoms with van der Waals surface area (Å²) in [6, 6.07) is 8.13. The summed E-state index contributed by atoms with van der Waals surface area (Å²) < 4.78 is 8.44. The van der Waals surface area contributed by atoms with Gasteiger partial charge in [0.1, 0.15) is 0 Å². The molecule has 0 saturated carbocycles. The molecule has 18 heavy (non-hydrogen) atoms. The Kier molecular flexibility index (Phi) is 4.52. The molecule has 1 heterocycles. The first-order valence-electron chi connectivity index (χ1n) is 6.08. The molecule has 1 aromatic heterocycles. The average Bonchev–Trinajstić information content (AvgIpc) is 2.65. The van der Waals surface area contributed by atoms with E-state index >= 15 is 0 Å². The predicted molar refractivity (Wildman–Crippen MR) is 76.5 cm³/mol. The van der Waals surface area contributed by atoms with Crippen LogP contribution in [0.15, 0.2) is 24.3 Å². The number of benzene rings is 1. The summed E-state index contributed by atoms with van der Waals surface area (Å²) in [5.41, 5.74) is 2.22. The van der Waals surface area contributed by atoms with E-state index in [1.54, 1.807) is 0 Å². The predicted octanol–water partition coefficient (Wildman–Crippen LogP) is 2.28. The van der Waals surface area contributed by atoms with Gasteiger partial charge in [0.15, 0.2) is 4.77 Å². The molecule has 0 unspecified atom stereocenters. The van der Waals surface area contributed by atoms with E-state index in [4.69, 9.17) is 17.0 Å². The topological polar surface area (TPSA) is 33.2 Å². The molecule has 4 nitrogen and oxygen atoms in total. The van der Waals surface area contributed by atoms with Crippen molar-refractivity contribution < 1.29 is 4.74 Å². The highest BCUT2D eigenvalue weighted by molar-refractivity contribution is 7.71. The van der Waals surface area contributed by atoms with Gasteiger partial charge in [0, 0.05) is 13.1 Å². The number of aromatic nitrogens is 2. The van der Waals surface area contributed by atoms with Crippen LogP contribution in [0.25, 0.3) is 11.0 Å². The minimum Gasteiger partial charge on any atom is -0.378 e. The van der Waals surface area contributed by atoms with E-state index in [-0.39, 0.29) is 0 Å². The van der Waals surface area contributed by atoms with Crippen LogP contribution in [0.4, 0.5) is 0 Å². The van der Waals surface area contributed by atoms with E-state index in [1.807, 2.05) is 32.3 Å². The Labute approximate surface area is 112 Å². The number of imidazole rings is 1. The molecular formula is C13H19N3OS. The van der Waals surface area contributed by atoms with Crippen LogP contribution in [0.1, 0.15) is 0 Å². The van der Waals surface area contributed by atoms with Gasteiger partial charge in [-0.25, -0.2) is 0 Å². The number of likely N-dealkylation sites (N-methyl/N-ethyl adjacent to an activating group) is 1. The zero-order valence-electron chi connectivity index (χ0n) is 10.8. The minimum atomic E-state index is 0.685. The lowest BCUT2D eigenvalue weighted by Crippen LogP contribution is -2.19. The summed E-state index contributed by atoms with van der Waals surface area (Å²) in [4.78, 5) is 5.31. The second-order valence-electron chi connectivity index (χ2n) is 4.51. The van der Waals surface area contributed by atoms with E-state index in [9.17, 15) is 0 Å². The van der Waals surface area contributed by atoms with Gasteiger partial charge in [0.25, 0.3) is 0 Å². The van der Waals surface area contributed by atoms with Gasteiger partial charge in [-0.15, -0.1) is 0 Å². The number of para-hydroxylation sites is 2. The molecule has 0 aliphatic heterocycles. The Morgan fingerprint density at radius 1 is 1.28 bits per heavy atom. The highest BCUT2D eigenvalue weighted by Crippen LogP contribution is 2.12. The summed E-state index contributed by atoms with van der Waals surface area (Å²) in [6.45, 7) is 3.17. The van der Waals surface area contributed by atoms with Crippen molar-refractivity contribution in [2.75, 3.05) is 33.9 Å². The first-order chi connectivity index (χ1) is 8.68. The molecule has 0 fully saturated rings. The molecule has 1 aromatic carbocycles. The normalized spacial score (nSPS) is 11.5. The zero-order chi connectivity index (χ0) is 13.0. The second-order valence-corrected chi connectivity index (χ2v) is 4.90. The summed E-state index contributed by atoms with van der Waals surface area (Å²) >= 11 is 5.32. The number of hydrogen-bond donors (Lipinski definition) is 1. The molecule has 5 heteroatoms. The number of nitrogens with one attached hydrogen (secondary N) is 1. The van der Waals surface area contributed by atoms with Crippen molar-refractivity contribution in [3.05, 3.63) is 29.0 Å². The first-order valence-corrected chi connectivity index (χ1v) is 6.49. The standard InChI is InChI=1S/C13H19N3OS/c1-15(2)7-9-17-10-8-16-12-6-4-3-5-11(12)14-13(16)18/h3-6H,7-10H2,1-2H3,(H,14,18). The summed E-state index contributed by atoms with van der Waals surface area (Å²) in [6.07, 6.45) is 0. The van der Waals surface area contributed by atoms with Crippen molar-refractivity contribution in [2.24, 2.45) is 0 Å². The SMILES string of the molecule is CN(C)CCOCCn1c(=S)[nH]c2ccccc21. The highest BCUT2D eigenvalue weighted by Gasteiger charge is 2.02. The van der Waals surface area contributed by atoms with Crippen LogP contribution in [0, 0.1) is 4.77 Å². The average molecular weight is 265 g/mol.